The molecule has 9 heteroatoms. The van der Waals surface area contributed by atoms with Crippen LogP contribution >= 0.6 is 11.3 Å². The summed E-state index contributed by atoms with van der Waals surface area (Å²) in [7, 11) is -0.364. The van der Waals surface area contributed by atoms with E-state index in [0.29, 0.717) is 19.0 Å². The molecule has 1 aromatic carbocycles. The smallest absolute Gasteiger partial charge is 0.242 e. The van der Waals surface area contributed by atoms with Gasteiger partial charge in [0.2, 0.25) is 10.0 Å². The van der Waals surface area contributed by atoms with Crippen molar-refractivity contribution in [3.8, 4) is 0 Å². The molecule has 142 valence electrons. The Kier molecular flexibility index (Phi) is 7.13. The number of hydrogen-bond donors (Lipinski definition) is 2. The van der Waals surface area contributed by atoms with Crippen molar-refractivity contribution in [2.75, 3.05) is 20.6 Å². The highest BCUT2D eigenvalue weighted by Crippen LogP contribution is 2.14. The van der Waals surface area contributed by atoms with E-state index in [1.54, 1.807) is 35.6 Å². The van der Waals surface area contributed by atoms with Gasteiger partial charge in [0.1, 0.15) is 5.01 Å². The van der Waals surface area contributed by atoms with E-state index < -0.39 is 10.0 Å². The number of aryl methyl sites for hydroxylation is 1. The van der Waals surface area contributed by atoms with Crippen molar-refractivity contribution in [1.29, 1.82) is 0 Å². The zero-order chi connectivity index (χ0) is 19.2. The first-order valence-corrected chi connectivity index (χ1v) is 10.5. The maximum absolute atomic E-state index is 12.1. The monoisotopic (exact) mass is 395 g/mol. The van der Waals surface area contributed by atoms with E-state index in [4.69, 9.17) is 0 Å². The highest BCUT2D eigenvalue weighted by Gasteiger charge is 2.16. The van der Waals surface area contributed by atoms with Gasteiger partial charge in [0.15, 0.2) is 5.96 Å². The third kappa shape index (κ3) is 5.52. The zero-order valence-electron chi connectivity index (χ0n) is 15.5. The predicted molar refractivity (Wildman–Crippen MR) is 106 cm³/mol. The normalized spacial score (nSPS) is 12.4. The summed E-state index contributed by atoms with van der Waals surface area (Å²) in [5.41, 5.74) is 0.935. The first-order chi connectivity index (χ1) is 12.3. The standard InChI is InChI=1S/C17H25N5O2S2/c1-5-18-17(21-12-16-19-10-13(2)25-16)20-11-14-6-8-15(9-7-14)26(23,24)22(3)4/h6-10H,5,11-12H2,1-4H3,(H2,18,20,21). The number of sulfonamides is 1. The van der Waals surface area contributed by atoms with Gasteiger partial charge in [-0.15, -0.1) is 11.3 Å². The third-order valence-electron chi connectivity index (χ3n) is 3.54. The van der Waals surface area contributed by atoms with Gasteiger partial charge < -0.3 is 10.6 Å². The van der Waals surface area contributed by atoms with Crippen LogP contribution in [0.1, 0.15) is 22.4 Å². The van der Waals surface area contributed by atoms with Crippen molar-refractivity contribution in [3.63, 3.8) is 0 Å². The second kappa shape index (κ2) is 9.11. The lowest BCUT2D eigenvalue weighted by atomic mass is 10.2. The van der Waals surface area contributed by atoms with Crippen LogP contribution in [-0.4, -0.2) is 44.3 Å². The molecule has 0 aliphatic heterocycles. The molecular weight excluding hydrogens is 370 g/mol. The minimum absolute atomic E-state index is 0.277. The van der Waals surface area contributed by atoms with E-state index in [1.807, 2.05) is 20.0 Å². The van der Waals surface area contributed by atoms with E-state index >= 15 is 0 Å². The van der Waals surface area contributed by atoms with Crippen LogP contribution in [0.5, 0.6) is 0 Å². The van der Waals surface area contributed by atoms with Gasteiger partial charge in [0.25, 0.3) is 0 Å². The third-order valence-corrected chi connectivity index (χ3v) is 6.28. The second-order valence-electron chi connectivity index (χ2n) is 5.84. The van der Waals surface area contributed by atoms with Gasteiger partial charge in [-0.3, -0.25) is 0 Å². The van der Waals surface area contributed by atoms with Gasteiger partial charge in [-0.05, 0) is 31.5 Å². The summed E-state index contributed by atoms with van der Waals surface area (Å²) in [6, 6.07) is 6.79. The molecule has 0 saturated heterocycles. The SMILES string of the molecule is CCNC(=NCc1ccc(S(=O)(=O)N(C)C)cc1)NCc1ncc(C)s1. The Hall–Kier alpha value is -1.97. The van der Waals surface area contributed by atoms with Gasteiger partial charge in [0.05, 0.1) is 18.0 Å². The quantitative estimate of drug-likeness (QED) is 0.553. The van der Waals surface area contributed by atoms with Crippen molar-refractivity contribution in [1.82, 2.24) is 19.9 Å². The number of aromatic nitrogens is 1. The molecule has 0 atom stereocenters. The first-order valence-electron chi connectivity index (χ1n) is 8.28. The molecule has 2 rings (SSSR count). The maximum atomic E-state index is 12.1. The Morgan fingerprint density at radius 1 is 1.23 bits per heavy atom. The number of hydrogen-bond acceptors (Lipinski definition) is 5. The van der Waals surface area contributed by atoms with Crippen LogP contribution < -0.4 is 10.6 Å². The number of nitrogens with one attached hydrogen (secondary N) is 2. The van der Waals surface area contributed by atoms with E-state index in [2.05, 4.69) is 20.6 Å². The van der Waals surface area contributed by atoms with E-state index in [1.165, 1.54) is 23.3 Å². The average Bonchev–Trinajstić information content (AvgIpc) is 3.03. The largest absolute Gasteiger partial charge is 0.357 e. The predicted octanol–water partition coefficient (Wildman–Crippen LogP) is 1.96. The number of rotatable bonds is 7. The molecule has 2 N–H and O–H groups in total. The van der Waals surface area contributed by atoms with Gasteiger partial charge >= 0.3 is 0 Å². The molecule has 0 bridgehead atoms. The Morgan fingerprint density at radius 2 is 1.92 bits per heavy atom. The molecule has 0 amide bonds. The lowest BCUT2D eigenvalue weighted by Gasteiger charge is -2.12. The average molecular weight is 396 g/mol. The number of thiazole rings is 1. The summed E-state index contributed by atoms with van der Waals surface area (Å²) < 4.78 is 25.4. The molecule has 0 radical (unpaired) electrons. The minimum atomic E-state index is -3.40. The number of benzene rings is 1. The summed E-state index contributed by atoms with van der Waals surface area (Å²) in [5.74, 6) is 0.699. The van der Waals surface area contributed by atoms with Crippen molar-refractivity contribution >= 4 is 27.3 Å². The Morgan fingerprint density at radius 3 is 2.46 bits per heavy atom. The lowest BCUT2D eigenvalue weighted by molar-refractivity contribution is 0.520. The van der Waals surface area contributed by atoms with Crippen molar-refractivity contribution in [2.24, 2.45) is 4.99 Å². The van der Waals surface area contributed by atoms with Crippen LogP contribution in [-0.2, 0) is 23.1 Å². The highest BCUT2D eigenvalue weighted by molar-refractivity contribution is 7.89. The second-order valence-corrected chi connectivity index (χ2v) is 9.32. The van der Waals surface area contributed by atoms with E-state index in [0.717, 1.165) is 17.1 Å². The molecule has 2 aromatic rings. The molecule has 1 aromatic heterocycles. The fraction of sp³-hybridized carbons (Fsp3) is 0.412. The number of guanidine groups is 1. The van der Waals surface area contributed by atoms with Crippen molar-refractivity contribution < 1.29 is 8.42 Å². The molecule has 0 fully saturated rings. The summed E-state index contributed by atoms with van der Waals surface area (Å²) in [4.78, 5) is 10.3. The van der Waals surface area contributed by atoms with Gasteiger partial charge in [-0.1, -0.05) is 12.1 Å². The van der Waals surface area contributed by atoms with Crippen LogP contribution in [0.4, 0.5) is 0 Å². The van der Waals surface area contributed by atoms with E-state index in [-0.39, 0.29) is 4.90 Å². The van der Waals surface area contributed by atoms with E-state index in [9.17, 15) is 8.42 Å². The van der Waals surface area contributed by atoms with Crippen LogP contribution in [0.25, 0.3) is 0 Å². The lowest BCUT2D eigenvalue weighted by Crippen LogP contribution is -2.36. The zero-order valence-corrected chi connectivity index (χ0v) is 17.1. The maximum Gasteiger partial charge on any atom is 0.242 e. The van der Waals surface area contributed by atoms with Gasteiger partial charge in [-0.2, -0.15) is 0 Å². The molecule has 7 nitrogen and oxygen atoms in total. The summed E-state index contributed by atoms with van der Waals surface area (Å²) in [6.45, 7) is 5.86. The Bertz CT molecular complexity index is 842. The Labute approximate surface area is 159 Å². The van der Waals surface area contributed by atoms with Crippen molar-refractivity contribution in [3.05, 3.63) is 45.9 Å². The van der Waals surface area contributed by atoms with Crippen LogP contribution in [0.15, 0.2) is 40.4 Å². The molecular formula is C17H25N5O2S2. The summed E-state index contributed by atoms with van der Waals surface area (Å²) in [5, 5.41) is 7.45. The fourth-order valence-electron chi connectivity index (χ4n) is 2.13. The number of nitrogens with zero attached hydrogens (tertiary/aromatic N) is 3. The molecule has 0 spiro atoms. The summed E-state index contributed by atoms with van der Waals surface area (Å²) in [6.07, 6.45) is 1.86. The number of aliphatic imine (C=N–C) groups is 1. The first kappa shape index (κ1) is 20.3. The molecule has 0 unspecified atom stereocenters. The topological polar surface area (TPSA) is 86.7 Å². The molecule has 0 aliphatic carbocycles. The molecule has 0 saturated carbocycles. The highest BCUT2D eigenvalue weighted by atomic mass is 32.2. The molecule has 26 heavy (non-hydrogen) atoms. The molecule has 0 aliphatic rings. The van der Waals surface area contributed by atoms with Crippen molar-refractivity contribution in [2.45, 2.75) is 31.8 Å². The fourth-order valence-corrected chi connectivity index (χ4v) is 3.76. The summed E-state index contributed by atoms with van der Waals surface area (Å²) >= 11 is 1.65. The van der Waals surface area contributed by atoms with Crippen LogP contribution in [0.3, 0.4) is 0 Å². The minimum Gasteiger partial charge on any atom is -0.357 e. The van der Waals surface area contributed by atoms with Crippen LogP contribution in [0.2, 0.25) is 0 Å². The van der Waals surface area contributed by atoms with Gasteiger partial charge in [0, 0.05) is 31.7 Å². The molecule has 1 heterocycles. The Balaban J connectivity index is 2.02. The van der Waals surface area contributed by atoms with Crippen LogP contribution in [0, 0.1) is 6.92 Å². The van der Waals surface area contributed by atoms with Gasteiger partial charge in [-0.25, -0.2) is 22.7 Å².